The van der Waals surface area contributed by atoms with Crippen LogP contribution in [-0.4, -0.2) is 22.3 Å². The van der Waals surface area contributed by atoms with Crippen molar-refractivity contribution in [3.05, 3.63) is 40.7 Å². The summed E-state index contributed by atoms with van der Waals surface area (Å²) in [5, 5.41) is 0.318. The molecule has 100 valence electrons. The first-order chi connectivity index (χ1) is 9.24. The highest BCUT2D eigenvalue weighted by atomic mass is 19.1. The standard InChI is InChI=1S/C14H15FN2O2/c15-10-4-5-13-12(7-10)14(18)17(9-16-13)8-11-3-1-2-6-19-11/h4-5,7,9,11H,1-3,6,8H2/t11-/m1/s1. The highest BCUT2D eigenvalue weighted by Gasteiger charge is 2.15. The number of fused-ring (bicyclic) bond motifs is 1. The normalized spacial score (nSPS) is 19.7. The second kappa shape index (κ2) is 5.09. The van der Waals surface area contributed by atoms with Crippen molar-refractivity contribution in [1.29, 1.82) is 0 Å². The van der Waals surface area contributed by atoms with Crippen LogP contribution in [0.4, 0.5) is 4.39 Å². The van der Waals surface area contributed by atoms with Crippen molar-refractivity contribution in [2.75, 3.05) is 6.61 Å². The van der Waals surface area contributed by atoms with E-state index in [0.29, 0.717) is 17.4 Å². The van der Waals surface area contributed by atoms with Gasteiger partial charge in [0.25, 0.3) is 5.56 Å². The number of rotatable bonds is 2. The summed E-state index contributed by atoms with van der Waals surface area (Å²) in [6.07, 6.45) is 4.72. The minimum atomic E-state index is -0.418. The van der Waals surface area contributed by atoms with Crippen LogP contribution in [-0.2, 0) is 11.3 Å². The molecule has 5 heteroatoms. The van der Waals surface area contributed by atoms with E-state index >= 15 is 0 Å². The van der Waals surface area contributed by atoms with Crippen molar-refractivity contribution in [2.24, 2.45) is 0 Å². The molecule has 0 bridgehead atoms. The first kappa shape index (κ1) is 12.3. The lowest BCUT2D eigenvalue weighted by atomic mass is 10.1. The molecule has 2 aromatic rings. The summed E-state index contributed by atoms with van der Waals surface area (Å²) in [6.45, 7) is 1.23. The summed E-state index contributed by atoms with van der Waals surface area (Å²) < 4.78 is 20.3. The second-order valence-electron chi connectivity index (χ2n) is 4.85. The maximum atomic E-state index is 13.2. The van der Waals surface area contributed by atoms with Crippen LogP contribution in [0, 0.1) is 5.82 Å². The van der Waals surface area contributed by atoms with Gasteiger partial charge in [-0.3, -0.25) is 9.36 Å². The van der Waals surface area contributed by atoms with Gasteiger partial charge in [-0.1, -0.05) is 0 Å². The number of hydrogen-bond donors (Lipinski definition) is 0. The number of benzene rings is 1. The smallest absolute Gasteiger partial charge is 0.261 e. The van der Waals surface area contributed by atoms with Crippen LogP contribution < -0.4 is 5.56 Å². The van der Waals surface area contributed by atoms with Gasteiger partial charge in [-0.15, -0.1) is 0 Å². The van der Waals surface area contributed by atoms with Gasteiger partial charge in [0.05, 0.1) is 29.9 Å². The average Bonchev–Trinajstić information content (AvgIpc) is 2.44. The van der Waals surface area contributed by atoms with E-state index in [4.69, 9.17) is 4.74 Å². The molecule has 0 amide bonds. The van der Waals surface area contributed by atoms with E-state index in [2.05, 4.69) is 4.98 Å². The van der Waals surface area contributed by atoms with E-state index < -0.39 is 5.82 Å². The third kappa shape index (κ3) is 2.51. The van der Waals surface area contributed by atoms with Gasteiger partial charge < -0.3 is 4.74 Å². The third-order valence-corrected chi connectivity index (χ3v) is 3.46. The molecule has 1 saturated heterocycles. The fourth-order valence-corrected chi connectivity index (χ4v) is 2.43. The number of nitrogens with zero attached hydrogens (tertiary/aromatic N) is 2. The minimum Gasteiger partial charge on any atom is -0.376 e. The zero-order valence-corrected chi connectivity index (χ0v) is 10.5. The van der Waals surface area contributed by atoms with Gasteiger partial charge in [0.15, 0.2) is 0 Å². The second-order valence-corrected chi connectivity index (χ2v) is 4.85. The third-order valence-electron chi connectivity index (χ3n) is 3.46. The van der Waals surface area contributed by atoms with Crippen LogP contribution in [0.15, 0.2) is 29.3 Å². The zero-order chi connectivity index (χ0) is 13.2. The van der Waals surface area contributed by atoms with E-state index in [0.717, 1.165) is 25.9 Å². The Balaban J connectivity index is 1.95. The Hall–Kier alpha value is -1.75. The van der Waals surface area contributed by atoms with E-state index in [-0.39, 0.29) is 11.7 Å². The molecule has 0 radical (unpaired) electrons. The van der Waals surface area contributed by atoms with Crippen molar-refractivity contribution in [3.63, 3.8) is 0 Å². The van der Waals surface area contributed by atoms with Gasteiger partial charge in [0, 0.05) is 6.61 Å². The maximum absolute atomic E-state index is 13.2. The molecule has 0 unspecified atom stereocenters. The van der Waals surface area contributed by atoms with Gasteiger partial charge in [-0.25, -0.2) is 9.37 Å². The first-order valence-corrected chi connectivity index (χ1v) is 6.50. The molecule has 3 rings (SSSR count). The van der Waals surface area contributed by atoms with Gasteiger partial charge in [-0.2, -0.15) is 0 Å². The Bertz CT molecular complexity index is 647. The first-order valence-electron chi connectivity index (χ1n) is 6.50. The van der Waals surface area contributed by atoms with Crippen molar-refractivity contribution in [1.82, 2.24) is 9.55 Å². The number of aromatic nitrogens is 2. The lowest BCUT2D eigenvalue weighted by molar-refractivity contribution is 0.00535. The summed E-state index contributed by atoms with van der Waals surface area (Å²) in [6, 6.07) is 4.07. The summed E-state index contributed by atoms with van der Waals surface area (Å²) in [5.41, 5.74) is 0.311. The topological polar surface area (TPSA) is 44.1 Å². The molecule has 1 aliphatic heterocycles. The molecule has 1 atom stereocenters. The zero-order valence-electron chi connectivity index (χ0n) is 10.5. The molecule has 0 N–H and O–H groups in total. The summed E-state index contributed by atoms with van der Waals surface area (Å²) in [5.74, 6) is -0.418. The number of halogens is 1. The lowest BCUT2D eigenvalue weighted by Gasteiger charge is -2.23. The molecule has 0 aliphatic carbocycles. The van der Waals surface area contributed by atoms with Crippen LogP contribution in [0.25, 0.3) is 10.9 Å². The highest BCUT2D eigenvalue weighted by molar-refractivity contribution is 5.77. The number of ether oxygens (including phenoxy) is 1. The molecular weight excluding hydrogens is 247 g/mol. The predicted octanol–water partition coefficient (Wildman–Crippen LogP) is 2.10. The van der Waals surface area contributed by atoms with E-state index in [1.165, 1.54) is 29.1 Å². The van der Waals surface area contributed by atoms with Crippen LogP contribution in [0.3, 0.4) is 0 Å². The molecule has 1 aliphatic rings. The van der Waals surface area contributed by atoms with Crippen LogP contribution in [0.1, 0.15) is 19.3 Å². The molecule has 1 aromatic carbocycles. The molecule has 0 saturated carbocycles. The quantitative estimate of drug-likeness (QED) is 0.832. The minimum absolute atomic E-state index is 0.0549. The van der Waals surface area contributed by atoms with Crippen molar-refractivity contribution in [2.45, 2.75) is 31.9 Å². The average molecular weight is 262 g/mol. The van der Waals surface area contributed by atoms with Crippen LogP contribution in [0.2, 0.25) is 0 Å². The monoisotopic (exact) mass is 262 g/mol. The molecule has 2 heterocycles. The van der Waals surface area contributed by atoms with Crippen molar-refractivity contribution >= 4 is 10.9 Å². The molecule has 19 heavy (non-hydrogen) atoms. The summed E-state index contributed by atoms with van der Waals surface area (Å²) in [7, 11) is 0. The van der Waals surface area contributed by atoms with E-state index in [1.54, 1.807) is 0 Å². The fourth-order valence-electron chi connectivity index (χ4n) is 2.43. The van der Waals surface area contributed by atoms with Gasteiger partial charge in [0.2, 0.25) is 0 Å². The van der Waals surface area contributed by atoms with Crippen molar-refractivity contribution in [3.8, 4) is 0 Å². The van der Waals surface area contributed by atoms with Gasteiger partial charge in [0.1, 0.15) is 5.82 Å². The Morgan fingerprint density at radius 3 is 3.11 bits per heavy atom. The Kier molecular flexibility index (Phi) is 3.29. The molecule has 1 fully saturated rings. The summed E-state index contributed by atoms with van der Waals surface area (Å²) in [4.78, 5) is 16.4. The van der Waals surface area contributed by atoms with E-state index in [9.17, 15) is 9.18 Å². The molecule has 0 spiro atoms. The van der Waals surface area contributed by atoms with Gasteiger partial charge >= 0.3 is 0 Å². The molecular formula is C14H15FN2O2. The van der Waals surface area contributed by atoms with Gasteiger partial charge in [-0.05, 0) is 37.5 Å². The van der Waals surface area contributed by atoms with Crippen molar-refractivity contribution < 1.29 is 9.13 Å². The highest BCUT2D eigenvalue weighted by Crippen LogP contribution is 2.14. The lowest BCUT2D eigenvalue weighted by Crippen LogP contribution is -2.30. The fraction of sp³-hybridized carbons (Fsp3) is 0.429. The Morgan fingerprint density at radius 2 is 2.32 bits per heavy atom. The Labute approximate surface area is 109 Å². The molecule has 4 nitrogen and oxygen atoms in total. The Morgan fingerprint density at radius 1 is 1.42 bits per heavy atom. The summed E-state index contributed by atoms with van der Waals surface area (Å²) >= 11 is 0. The maximum Gasteiger partial charge on any atom is 0.261 e. The molecule has 1 aromatic heterocycles. The predicted molar refractivity (Wildman–Crippen MR) is 69.6 cm³/mol. The van der Waals surface area contributed by atoms with E-state index in [1.807, 2.05) is 0 Å². The number of hydrogen-bond acceptors (Lipinski definition) is 3. The SMILES string of the molecule is O=c1c2cc(F)ccc2ncn1C[C@H]1CCCCO1. The largest absolute Gasteiger partial charge is 0.376 e. The van der Waals surface area contributed by atoms with Crippen LogP contribution >= 0.6 is 0 Å². The van der Waals surface area contributed by atoms with Crippen LogP contribution in [0.5, 0.6) is 0 Å².